The van der Waals surface area contributed by atoms with E-state index >= 15 is 0 Å². The Morgan fingerprint density at radius 1 is 1.61 bits per heavy atom. The molecule has 4 nitrogen and oxygen atoms in total. The minimum Gasteiger partial charge on any atom is -0.478 e. The standard InChI is InChI=1S/C12H16BrClN2O2/c1-3-4-16-12(17)7(2)18-11-9(13)5-8(14)6-10(11)15/h5-7H,3-4,15H2,1-2H3,(H,16,17). The molecule has 0 spiro atoms. The van der Waals surface area contributed by atoms with Gasteiger partial charge < -0.3 is 15.8 Å². The van der Waals surface area contributed by atoms with Crippen molar-refractivity contribution in [1.82, 2.24) is 5.32 Å². The number of nitrogens with two attached hydrogens (primary N) is 1. The lowest BCUT2D eigenvalue weighted by Gasteiger charge is -2.17. The number of carbonyl (C=O) groups excluding carboxylic acids is 1. The largest absolute Gasteiger partial charge is 0.478 e. The third-order valence-electron chi connectivity index (χ3n) is 2.25. The summed E-state index contributed by atoms with van der Waals surface area (Å²) in [6.07, 6.45) is 0.266. The average Bonchev–Trinajstić information content (AvgIpc) is 2.30. The van der Waals surface area contributed by atoms with Crippen molar-refractivity contribution in [2.45, 2.75) is 26.4 Å². The molecular weight excluding hydrogens is 320 g/mol. The summed E-state index contributed by atoms with van der Waals surface area (Å²) in [4.78, 5) is 11.7. The Morgan fingerprint density at radius 3 is 2.83 bits per heavy atom. The first-order valence-corrected chi connectivity index (χ1v) is 6.81. The summed E-state index contributed by atoms with van der Waals surface area (Å²) in [5.74, 6) is 0.261. The van der Waals surface area contributed by atoms with Gasteiger partial charge in [0.15, 0.2) is 11.9 Å². The van der Waals surface area contributed by atoms with Gasteiger partial charge in [0.25, 0.3) is 5.91 Å². The van der Waals surface area contributed by atoms with Crippen molar-refractivity contribution in [1.29, 1.82) is 0 Å². The van der Waals surface area contributed by atoms with Crippen molar-refractivity contribution in [2.75, 3.05) is 12.3 Å². The van der Waals surface area contributed by atoms with Gasteiger partial charge in [0.05, 0.1) is 10.2 Å². The molecule has 0 fully saturated rings. The smallest absolute Gasteiger partial charge is 0.260 e. The molecule has 0 aromatic heterocycles. The first kappa shape index (κ1) is 15.1. The number of ether oxygens (including phenoxy) is 1. The minimum absolute atomic E-state index is 0.168. The Hall–Kier alpha value is -0.940. The molecule has 0 aliphatic rings. The van der Waals surface area contributed by atoms with E-state index < -0.39 is 6.10 Å². The fourth-order valence-electron chi connectivity index (χ4n) is 1.33. The summed E-state index contributed by atoms with van der Waals surface area (Å²) in [7, 11) is 0. The molecule has 0 aliphatic heterocycles. The molecule has 6 heteroatoms. The summed E-state index contributed by atoms with van der Waals surface area (Å²) in [6, 6.07) is 3.25. The monoisotopic (exact) mass is 334 g/mol. The molecule has 100 valence electrons. The Bertz CT molecular complexity index is 417. The van der Waals surface area contributed by atoms with Crippen LogP contribution >= 0.6 is 27.5 Å². The number of halogens is 2. The maximum atomic E-state index is 11.7. The second-order valence-corrected chi connectivity index (χ2v) is 5.15. The molecule has 0 radical (unpaired) electrons. The highest BCUT2D eigenvalue weighted by Gasteiger charge is 2.17. The molecular formula is C12H16BrClN2O2. The number of hydrogen-bond acceptors (Lipinski definition) is 3. The second kappa shape index (κ2) is 6.85. The molecule has 1 aromatic carbocycles. The van der Waals surface area contributed by atoms with Crippen LogP contribution in [0.25, 0.3) is 0 Å². The van der Waals surface area contributed by atoms with E-state index in [1.165, 1.54) is 0 Å². The molecule has 1 atom stereocenters. The van der Waals surface area contributed by atoms with E-state index in [0.717, 1.165) is 6.42 Å². The summed E-state index contributed by atoms with van der Waals surface area (Å²) >= 11 is 9.15. The van der Waals surface area contributed by atoms with E-state index in [9.17, 15) is 4.79 Å². The van der Waals surface area contributed by atoms with E-state index in [4.69, 9.17) is 22.1 Å². The highest BCUT2D eigenvalue weighted by Crippen LogP contribution is 2.35. The summed E-state index contributed by atoms with van der Waals surface area (Å²) in [5, 5.41) is 3.27. The molecule has 0 bridgehead atoms. The maximum Gasteiger partial charge on any atom is 0.260 e. The van der Waals surface area contributed by atoms with Crippen LogP contribution in [0.3, 0.4) is 0 Å². The van der Waals surface area contributed by atoms with Gasteiger partial charge in [-0.1, -0.05) is 18.5 Å². The van der Waals surface area contributed by atoms with Crippen molar-refractivity contribution in [3.8, 4) is 5.75 Å². The van der Waals surface area contributed by atoms with Gasteiger partial charge in [-0.15, -0.1) is 0 Å². The molecule has 18 heavy (non-hydrogen) atoms. The highest BCUT2D eigenvalue weighted by molar-refractivity contribution is 9.10. The molecule has 1 amide bonds. The van der Waals surface area contributed by atoms with Gasteiger partial charge >= 0.3 is 0 Å². The lowest BCUT2D eigenvalue weighted by Crippen LogP contribution is -2.36. The lowest BCUT2D eigenvalue weighted by atomic mass is 10.3. The molecule has 1 rings (SSSR count). The van der Waals surface area contributed by atoms with E-state index in [2.05, 4.69) is 21.2 Å². The predicted octanol–water partition coefficient (Wildman–Crippen LogP) is 2.98. The Kier molecular flexibility index (Phi) is 5.75. The number of rotatable bonds is 5. The van der Waals surface area contributed by atoms with E-state index in [1.54, 1.807) is 19.1 Å². The fourth-order valence-corrected chi connectivity index (χ4v) is 2.25. The van der Waals surface area contributed by atoms with Crippen LogP contribution in [0.5, 0.6) is 5.75 Å². The van der Waals surface area contributed by atoms with Gasteiger partial charge in [-0.2, -0.15) is 0 Å². The number of hydrogen-bond donors (Lipinski definition) is 2. The van der Waals surface area contributed by atoms with Gasteiger partial charge in [-0.05, 0) is 41.4 Å². The number of nitrogen functional groups attached to an aromatic ring is 1. The molecule has 0 saturated heterocycles. The van der Waals surface area contributed by atoms with Gasteiger partial charge in [0, 0.05) is 11.6 Å². The van der Waals surface area contributed by atoms with Crippen molar-refractivity contribution in [3.63, 3.8) is 0 Å². The minimum atomic E-state index is -0.615. The van der Waals surface area contributed by atoms with E-state index in [-0.39, 0.29) is 5.91 Å². The first-order chi connectivity index (χ1) is 8.45. The summed E-state index contributed by atoms with van der Waals surface area (Å²) in [6.45, 7) is 4.29. The van der Waals surface area contributed by atoms with E-state index in [1.807, 2.05) is 6.92 Å². The van der Waals surface area contributed by atoms with Crippen LogP contribution in [0.15, 0.2) is 16.6 Å². The molecule has 0 heterocycles. The summed E-state index contributed by atoms with van der Waals surface area (Å²) < 4.78 is 6.17. The van der Waals surface area contributed by atoms with Gasteiger partial charge in [-0.3, -0.25) is 4.79 Å². The maximum absolute atomic E-state index is 11.7. The van der Waals surface area contributed by atoms with Gasteiger partial charge in [0.1, 0.15) is 0 Å². The zero-order chi connectivity index (χ0) is 13.7. The van der Waals surface area contributed by atoms with Gasteiger partial charge in [0.2, 0.25) is 0 Å². The van der Waals surface area contributed by atoms with Gasteiger partial charge in [-0.25, -0.2) is 0 Å². The molecule has 0 saturated carbocycles. The van der Waals surface area contributed by atoms with Crippen LogP contribution in [-0.4, -0.2) is 18.6 Å². The molecule has 1 unspecified atom stereocenters. The van der Waals surface area contributed by atoms with Crippen LogP contribution in [0.2, 0.25) is 5.02 Å². The van der Waals surface area contributed by atoms with Crippen molar-refractivity contribution in [3.05, 3.63) is 21.6 Å². The Balaban J connectivity index is 2.75. The van der Waals surface area contributed by atoms with E-state index in [0.29, 0.717) is 27.5 Å². The number of amides is 1. The average molecular weight is 336 g/mol. The molecule has 3 N–H and O–H groups in total. The van der Waals surface area contributed by atoms with Crippen LogP contribution < -0.4 is 15.8 Å². The Morgan fingerprint density at radius 2 is 2.28 bits per heavy atom. The Labute approximate surface area is 120 Å². The van der Waals surface area contributed by atoms with Crippen LogP contribution in [0.1, 0.15) is 20.3 Å². The van der Waals surface area contributed by atoms with Crippen LogP contribution in [0.4, 0.5) is 5.69 Å². The van der Waals surface area contributed by atoms with Crippen molar-refractivity contribution < 1.29 is 9.53 Å². The van der Waals surface area contributed by atoms with Crippen molar-refractivity contribution in [2.24, 2.45) is 0 Å². The third kappa shape index (κ3) is 4.07. The zero-order valence-corrected chi connectivity index (χ0v) is 12.6. The first-order valence-electron chi connectivity index (χ1n) is 5.64. The molecule has 0 aliphatic carbocycles. The number of benzene rings is 1. The van der Waals surface area contributed by atoms with Crippen LogP contribution in [-0.2, 0) is 4.79 Å². The third-order valence-corrected chi connectivity index (χ3v) is 3.06. The van der Waals surface area contributed by atoms with Crippen LogP contribution in [0, 0.1) is 0 Å². The quantitative estimate of drug-likeness (QED) is 0.813. The number of carbonyl (C=O) groups is 1. The SMILES string of the molecule is CCCNC(=O)C(C)Oc1c(N)cc(Cl)cc1Br. The topological polar surface area (TPSA) is 64.3 Å². The number of anilines is 1. The highest BCUT2D eigenvalue weighted by atomic mass is 79.9. The predicted molar refractivity (Wildman–Crippen MR) is 77.0 cm³/mol. The zero-order valence-electron chi connectivity index (χ0n) is 10.3. The summed E-state index contributed by atoms with van der Waals surface area (Å²) in [5.41, 5.74) is 6.19. The van der Waals surface area contributed by atoms with Crippen molar-refractivity contribution >= 4 is 39.1 Å². The second-order valence-electron chi connectivity index (χ2n) is 3.86. The normalized spacial score (nSPS) is 12.0. The lowest BCUT2D eigenvalue weighted by molar-refractivity contribution is -0.127. The molecule has 1 aromatic rings. The fraction of sp³-hybridized carbons (Fsp3) is 0.417. The number of nitrogens with one attached hydrogen (secondary N) is 1.